The number of sulfone groups is 1. The molecule has 1 amide bonds. The first-order valence-electron chi connectivity index (χ1n) is 5.57. The summed E-state index contributed by atoms with van der Waals surface area (Å²) < 4.78 is 27.4. The summed E-state index contributed by atoms with van der Waals surface area (Å²) in [6.45, 7) is 0.837. The first-order valence-corrected chi connectivity index (χ1v) is 7.63. The van der Waals surface area contributed by atoms with Crippen molar-refractivity contribution in [3.05, 3.63) is 0 Å². The fraction of sp³-hybridized carbons (Fsp3) is 0.900. The van der Waals surface area contributed by atoms with E-state index in [9.17, 15) is 13.2 Å². The number of methoxy groups -OCH3 is 1. The highest BCUT2D eigenvalue weighted by Gasteiger charge is 2.31. The van der Waals surface area contributed by atoms with E-state index in [0.717, 1.165) is 12.7 Å². The quantitative estimate of drug-likeness (QED) is 0.703. The lowest BCUT2D eigenvalue weighted by Crippen LogP contribution is -2.52. The number of rotatable bonds is 4. The van der Waals surface area contributed by atoms with Crippen LogP contribution in [0.15, 0.2) is 0 Å². The molecule has 2 N–H and O–H groups in total. The third kappa shape index (κ3) is 4.25. The summed E-state index contributed by atoms with van der Waals surface area (Å²) in [6, 6.07) is -0.122. The van der Waals surface area contributed by atoms with Crippen molar-refractivity contribution >= 4 is 15.7 Å². The highest BCUT2D eigenvalue weighted by molar-refractivity contribution is 7.91. The Morgan fingerprint density at radius 2 is 2.18 bits per heavy atom. The Balaban J connectivity index is 2.67. The third-order valence-electron chi connectivity index (χ3n) is 2.98. The largest absolute Gasteiger partial charge is 0.381 e. The molecule has 1 aliphatic rings. The Hall–Kier alpha value is -0.660. The average Bonchev–Trinajstić information content (AvgIpc) is 2.25. The zero-order valence-corrected chi connectivity index (χ0v) is 11.1. The van der Waals surface area contributed by atoms with E-state index in [1.165, 1.54) is 0 Å². The number of hydrogen-bond donors (Lipinski definition) is 1. The normalized spacial score (nSPS) is 25.9. The summed E-state index contributed by atoms with van der Waals surface area (Å²) in [6.07, 6.45) is 2.56. The Kier molecular flexibility index (Phi) is 4.91. The maximum Gasteiger partial charge on any atom is 0.238 e. The van der Waals surface area contributed by atoms with Crippen LogP contribution in [0.4, 0.5) is 0 Å². The minimum absolute atomic E-state index is 0.103. The molecule has 1 fully saturated rings. The second-order valence-corrected chi connectivity index (χ2v) is 6.57. The van der Waals surface area contributed by atoms with Gasteiger partial charge in [-0.25, -0.2) is 8.42 Å². The molecule has 1 heterocycles. The lowest BCUT2D eigenvalue weighted by molar-refractivity contribution is -0.133. The third-order valence-corrected chi connectivity index (χ3v) is 3.75. The van der Waals surface area contributed by atoms with Crippen LogP contribution < -0.4 is 5.73 Å². The molecular formula is C10H20N2O4S. The summed E-state index contributed by atoms with van der Waals surface area (Å²) in [5.74, 6) is -0.807. The molecule has 0 radical (unpaired) electrons. The summed E-state index contributed by atoms with van der Waals surface area (Å²) in [5.41, 5.74) is 5.61. The van der Waals surface area contributed by atoms with E-state index < -0.39 is 15.6 Å². The van der Waals surface area contributed by atoms with E-state index in [-0.39, 0.29) is 18.1 Å². The lowest BCUT2D eigenvalue weighted by atomic mass is 9.99. The Labute approximate surface area is 102 Å². The average molecular weight is 264 g/mol. The molecule has 2 unspecified atom stereocenters. The predicted octanol–water partition coefficient (Wildman–Crippen LogP) is -1.00. The van der Waals surface area contributed by atoms with Crippen molar-refractivity contribution in [2.75, 3.05) is 32.2 Å². The number of carbonyl (C=O) groups is 1. The van der Waals surface area contributed by atoms with Gasteiger partial charge in [-0.3, -0.25) is 4.79 Å². The number of hydrogen-bond acceptors (Lipinski definition) is 5. The highest BCUT2D eigenvalue weighted by atomic mass is 32.2. The zero-order valence-electron chi connectivity index (χ0n) is 10.3. The summed E-state index contributed by atoms with van der Waals surface area (Å²) >= 11 is 0. The Morgan fingerprint density at radius 3 is 2.65 bits per heavy atom. The SMILES string of the molecule is COC1CCN(C(=O)CS(C)(=O)=O)C(CN)C1. The van der Waals surface area contributed by atoms with Gasteiger partial charge in [-0.05, 0) is 12.8 Å². The molecule has 6 nitrogen and oxygen atoms in total. The number of carbonyl (C=O) groups excluding carboxylic acids is 1. The molecule has 2 atom stereocenters. The van der Waals surface area contributed by atoms with Crippen molar-refractivity contribution in [2.24, 2.45) is 5.73 Å². The van der Waals surface area contributed by atoms with Crippen LogP contribution in [0.1, 0.15) is 12.8 Å². The first kappa shape index (κ1) is 14.4. The van der Waals surface area contributed by atoms with Gasteiger partial charge >= 0.3 is 0 Å². The topological polar surface area (TPSA) is 89.7 Å². The predicted molar refractivity (Wildman–Crippen MR) is 64.3 cm³/mol. The molecule has 0 aromatic heterocycles. The van der Waals surface area contributed by atoms with Crippen molar-refractivity contribution in [1.82, 2.24) is 4.90 Å². The van der Waals surface area contributed by atoms with Crippen molar-refractivity contribution < 1.29 is 17.9 Å². The summed E-state index contributed by atoms with van der Waals surface area (Å²) in [5, 5.41) is 0. The first-order chi connectivity index (χ1) is 7.87. The van der Waals surface area contributed by atoms with E-state index in [1.807, 2.05) is 0 Å². The Morgan fingerprint density at radius 1 is 1.53 bits per heavy atom. The number of amides is 1. The van der Waals surface area contributed by atoms with Gasteiger partial charge in [0.25, 0.3) is 0 Å². The van der Waals surface area contributed by atoms with Crippen molar-refractivity contribution in [3.8, 4) is 0 Å². The molecular weight excluding hydrogens is 244 g/mol. The Bertz CT molecular complexity index is 369. The number of ether oxygens (including phenoxy) is 1. The van der Waals surface area contributed by atoms with Gasteiger partial charge in [0.1, 0.15) is 5.75 Å². The molecule has 0 aliphatic carbocycles. The maximum absolute atomic E-state index is 11.8. The smallest absolute Gasteiger partial charge is 0.238 e. The van der Waals surface area contributed by atoms with Gasteiger partial charge < -0.3 is 15.4 Å². The second-order valence-electron chi connectivity index (χ2n) is 4.43. The molecule has 0 spiro atoms. The van der Waals surface area contributed by atoms with Gasteiger partial charge in [-0.15, -0.1) is 0 Å². The van der Waals surface area contributed by atoms with Gasteiger partial charge in [0.2, 0.25) is 5.91 Å². The van der Waals surface area contributed by atoms with Crippen molar-refractivity contribution in [3.63, 3.8) is 0 Å². The van der Waals surface area contributed by atoms with E-state index in [1.54, 1.807) is 12.0 Å². The molecule has 17 heavy (non-hydrogen) atoms. The number of nitrogens with zero attached hydrogens (tertiary/aromatic N) is 1. The number of likely N-dealkylation sites (tertiary alicyclic amines) is 1. The van der Waals surface area contributed by atoms with Crippen LogP contribution in [0.3, 0.4) is 0 Å². The standard InChI is InChI=1S/C10H20N2O4S/c1-16-9-3-4-12(8(5-9)6-11)10(13)7-17(2,14)15/h8-9H,3-7,11H2,1-2H3. The number of piperidine rings is 1. The second kappa shape index (κ2) is 5.79. The van der Waals surface area contributed by atoms with E-state index in [4.69, 9.17) is 10.5 Å². The lowest BCUT2D eigenvalue weighted by Gasteiger charge is -2.38. The molecule has 0 aromatic rings. The van der Waals surface area contributed by atoms with E-state index in [0.29, 0.717) is 19.5 Å². The van der Waals surface area contributed by atoms with Crippen LogP contribution in [-0.2, 0) is 19.4 Å². The van der Waals surface area contributed by atoms with Crippen LogP contribution in [0.5, 0.6) is 0 Å². The molecule has 0 bridgehead atoms. The molecule has 100 valence electrons. The summed E-state index contributed by atoms with van der Waals surface area (Å²) in [4.78, 5) is 13.4. The maximum atomic E-state index is 11.8. The molecule has 1 aliphatic heterocycles. The van der Waals surface area contributed by atoms with Crippen LogP contribution in [-0.4, -0.2) is 63.6 Å². The van der Waals surface area contributed by atoms with Crippen LogP contribution >= 0.6 is 0 Å². The fourth-order valence-electron chi connectivity index (χ4n) is 2.09. The number of nitrogens with two attached hydrogens (primary N) is 1. The van der Waals surface area contributed by atoms with Crippen molar-refractivity contribution in [2.45, 2.75) is 25.0 Å². The minimum atomic E-state index is -3.29. The van der Waals surface area contributed by atoms with E-state index >= 15 is 0 Å². The molecule has 1 saturated heterocycles. The van der Waals surface area contributed by atoms with Crippen LogP contribution in [0.25, 0.3) is 0 Å². The van der Waals surface area contributed by atoms with Crippen molar-refractivity contribution in [1.29, 1.82) is 0 Å². The van der Waals surface area contributed by atoms with Gasteiger partial charge in [-0.2, -0.15) is 0 Å². The summed E-state index contributed by atoms with van der Waals surface area (Å²) in [7, 11) is -1.66. The van der Waals surface area contributed by atoms with Gasteiger partial charge in [0.05, 0.1) is 6.10 Å². The molecule has 7 heteroatoms. The molecule has 1 rings (SSSR count). The highest BCUT2D eigenvalue weighted by Crippen LogP contribution is 2.19. The monoisotopic (exact) mass is 264 g/mol. The minimum Gasteiger partial charge on any atom is -0.381 e. The zero-order chi connectivity index (χ0) is 13.1. The molecule has 0 saturated carbocycles. The van der Waals surface area contributed by atoms with Crippen LogP contribution in [0, 0.1) is 0 Å². The van der Waals surface area contributed by atoms with E-state index in [2.05, 4.69) is 0 Å². The van der Waals surface area contributed by atoms with Crippen LogP contribution in [0.2, 0.25) is 0 Å². The fourth-order valence-corrected chi connectivity index (χ4v) is 2.70. The molecule has 0 aromatic carbocycles. The van der Waals surface area contributed by atoms with Gasteiger partial charge in [0.15, 0.2) is 9.84 Å². The van der Waals surface area contributed by atoms with Gasteiger partial charge in [0, 0.05) is 32.5 Å². The van der Waals surface area contributed by atoms with Gasteiger partial charge in [-0.1, -0.05) is 0 Å².